The molecule has 3 aromatic rings. The van der Waals surface area contributed by atoms with Crippen LogP contribution < -0.4 is 20.1 Å². The van der Waals surface area contributed by atoms with Crippen molar-refractivity contribution < 1.29 is 44.7 Å². The summed E-state index contributed by atoms with van der Waals surface area (Å²) in [6.45, 7) is 0.895. The van der Waals surface area contributed by atoms with Crippen molar-refractivity contribution >= 4 is 17.7 Å². The number of nitrogens with zero attached hydrogens (tertiary/aromatic N) is 6. The van der Waals surface area contributed by atoms with Crippen molar-refractivity contribution in [2.75, 3.05) is 42.5 Å². The first-order valence-electron chi connectivity index (χ1n) is 13.7. The molecule has 0 aliphatic carbocycles. The molecule has 0 saturated carbocycles. The maximum absolute atomic E-state index is 14.2. The van der Waals surface area contributed by atoms with Gasteiger partial charge in [-0.25, -0.2) is 23.8 Å². The Morgan fingerprint density at radius 2 is 1.67 bits per heavy atom. The lowest BCUT2D eigenvalue weighted by atomic mass is 10.1. The predicted molar refractivity (Wildman–Crippen MR) is 141 cm³/mol. The van der Waals surface area contributed by atoms with Crippen LogP contribution in [0.2, 0.25) is 0 Å². The fourth-order valence-electron chi connectivity index (χ4n) is 5.25. The number of aromatic amines is 1. The number of halogens is 8. The van der Waals surface area contributed by atoms with Crippen molar-refractivity contribution in [3.63, 3.8) is 0 Å². The molecule has 0 spiro atoms. The second-order valence-corrected chi connectivity index (χ2v) is 10.5. The zero-order valence-electron chi connectivity index (χ0n) is 23.2. The van der Waals surface area contributed by atoms with E-state index >= 15 is 0 Å². The molecule has 1 N–H and O–H groups in total. The summed E-state index contributed by atoms with van der Waals surface area (Å²) in [5, 5.41) is 5.60. The van der Waals surface area contributed by atoms with Gasteiger partial charge in [0.05, 0.1) is 12.1 Å². The van der Waals surface area contributed by atoms with Crippen LogP contribution in [0.15, 0.2) is 41.5 Å². The van der Waals surface area contributed by atoms with Gasteiger partial charge in [0.15, 0.2) is 11.6 Å². The number of carbonyl (C=O) groups is 1. The Bertz CT molecular complexity index is 1570. The van der Waals surface area contributed by atoms with Gasteiger partial charge in [-0.05, 0) is 18.6 Å². The van der Waals surface area contributed by atoms with E-state index in [1.807, 2.05) is 5.10 Å². The quantitative estimate of drug-likeness (QED) is 0.384. The maximum Gasteiger partial charge on any atom is 0.421 e. The van der Waals surface area contributed by atoms with Gasteiger partial charge in [-0.2, -0.15) is 31.4 Å². The third-order valence-electron chi connectivity index (χ3n) is 7.53. The van der Waals surface area contributed by atoms with Crippen molar-refractivity contribution in [3.8, 4) is 5.75 Å². The summed E-state index contributed by atoms with van der Waals surface area (Å²) >= 11 is 0. The van der Waals surface area contributed by atoms with Crippen LogP contribution in [0.25, 0.3) is 0 Å². The van der Waals surface area contributed by atoms with Crippen LogP contribution in [0, 0.1) is 11.6 Å². The Hall–Kier alpha value is -4.51. The molecule has 2 aliphatic rings. The van der Waals surface area contributed by atoms with E-state index < -0.39 is 52.8 Å². The highest BCUT2D eigenvalue weighted by molar-refractivity contribution is 5.76. The molecule has 18 heteroatoms. The number of hydrogen-bond acceptors (Lipinski definition) is 8. The smallest absolute Gasteiger partial charge is 0.421 e. The monoisotopic (exact) mass is 647 g/mol. The first kappa shape index (κ1) is 31.9. The van der Waals surface area contributed by atoms with Crippen LogP contribution in [-0.4, -0.2) is 75.8 Å². The number of alkyl halides is 6. The summed E-state index contributed by atoms with van der Waals surface area (Å²) in [6.07, 6.45) is -8.70. The highest BCUT2D eigenvalue weighted by atomic mass is 19.4. The number of hydrogen-bond donors (Lipinski definition) is 1. The zero-order valence-corrected chi connectivity index (χ0v) is 23.2. The molecule has 2 fully saturated rings. The van der Waals surface area contributed by atoms with Gasteiger partial charge < -0.3 is 19.4 Å². The number of rotatable bonds is 7. The molecule has 2 aromatic heterocycles. The fourth-order valence-corrected chi connectivity index (χ4v) is 5.25. The van der Waals surface area contributed by atoms with Gasteiger partial charge in [-0.1, -0.05) is 0 Å². The van der Waals surface area contributed by atoms with Gasteiger partial charge in [0, 0.05) is 69.6 Å². The number of anilines is 2. The summed E-state index contributed by atoms with van der Waals surface area (Å²) in [5.74, 6) is -2.47. The van der Waals surface area contributed by atoms with Gasteiger partial charge in [-0.3, -0.25) is 9.59 Å². The lowest BCUT2D eigenvalue weighted by molar-refractivity contribution is -0.139. The zero-order chi connectivity index (χ0) is 32.5. The Balaban J connectivity index is 1.25. The summed E-state index contributed by atoms with van der Waals surface area (Å²) in [4.78, 5) is 37.0. The highest BCUT2D eigenvalue weighted by Gasteiger charge is 2.39. The minimum Gasteiger partial charge on any atom is -0.485 e. The third kappa shape index (κ3) is 7.42. The van der Waals surface area contributed by atoms with Gasteiger partial charge in [0.25, 0.3) is 5.56 Å². The average molecular weight is 648 g/mol. The lowest BCUT2D eigenvalue weighted by Gasteiger charge is -2.35. The second kappa shape index (κ2) is 12.5. The van der Waals surface area contributed by atoms with E-state index in [4.69, 9.17) is 4.74 Å². The van der Waals surface area contributed by atoms with Crippen molar-refractivity contribution in [2.45, 2.75) is 43.8 Å². The molecule has 5 rings (SSSR count). The predicted octanol–water partition coefficient (Wildman–Crippen LogP) is 4.03. The molecule has 2 aliphatic heterocycles. The van der Waals surface area contributed by atoms with Crippen molar-refractivity contribution in [2.24, 2.45) is 0 Å². The van der Waals surface area contributed by atoms with Crippen LogP contribution in [0.5, 0.6) is 5.75 Å². The molecule has 1 aromatic carbocycles. The maximum atomic E-state index is 14.2. The van der Waals surface area contributed by atoms with Crippen molar-refractivity contribution in [1.29, 1.82) is 0 Å². The normalized spacial score (nSPS) is 19.2. The number of H-pyrrole nitrogens is 1. The summed E-state index contributed by atoms with van der Waals surface area (Å²) in [7, 11) is 0. The SMILES string of the molecule is O=C(CC[C@@H]1C[C@H](Oc2ccc(F)cc2F)CN1c1cc(C(F)(F)F)c(=O)[nH]n1)N1CCN(c2ncc(C(F)(F)F)cn2)CC1. The molecular weight excluding hydrogens is 622 g/mol. The minimum atomic E-state index is -4.96. The average Bonchev–Trinajstić information content (AvgIpc) is 3.39. The minimum absolute atomic E-state index is 0.0366. The molecule has 1 amide bonds. The molecule has 0 unspecified atom stereocenters. The largest absolute Gasteiger partial charge is 0.485 e. The standard InChI is InChI=1S/C27H25F8N7O3/c28-16-1-3-21(20(29)9-16)45-18-10-17(42(14-18)22-11-19(27(33,34)35)24(44)39-38-22)2-4-23(43)40-5-7-41(8-6-40)25-36-12-15(13-37-25)26(30,31)32/h1,3,9,11-13,17-18H,2,4-8,10,14H2,(H,39,44)/t17-,18+/m1/s1. The van der Waals surface area contributed by atoms with E-state index in [1.54, 1.807) is 9.80 Å². The molecule has 4 heterocycles. The van der Waals surface area contributed by atoms with E-state index in [9.17, 15) is 44.7 Å². The number of carbonyl (C=O) groups excluding carboxylic acids is 1. The molecule has 2 saturated heterocycles. The van der Waals surface area contributed by atoms with Crippen LogP contribution in [0.3, 0.4) is 0 Å². The molecule has 242 valence electrons. The van der Waals surface area contributed by atoms with E-state index in [2.05, 4.69) is 15.1 Å². The van der Waals surface area contributed by atoms with Gasteiger partial charge in [0.1, 0.15) is 23.3 Å². The Labute approximate surface area is 249 Å². The van der Waals surface area contributed by atoms with Gasteiger partial charge in [0.2, 0.25) is 11.9 Å². The van der Waals surface area contributed by atoms with Crippen molar-refractivity contribution in [3.05, 3.63) is 69.8 Å². The third-order valence-corrected chi connectivity index (χ3v) is 7.53. The second-order valence-electron chi connectivity index (χ2n) is 10.5. The Morgan fingerprint density at radius 3 is 2.29 bits per heavy atom. The summed E-state index contributed by atoms with van der Waals surface area (Å²) in [5.41, 5.74) is -3.88. The van der Waals surface area contributed by atoms with Crippen LogP contribution >= 0.6 is 0 Å². The van der Waals surface area contributed by atoms with E-state index in [0.29, 0.717) is 24.5 Å². The molecular formula is C27H25F8N7O3. The molecule has 45 heavy (non-hydrogen) atoms. The number of amides is 1. The number of benzene rings is 1. The number of ether oxygens (including phenoxy) is 1. The first-order chi connectivity index (χ1) is 21.2. The van der Waals surface area contributed by atoms with E-state index in [1.165, 1.54) is 4.90 Å². The first-order valence-corrected chi connectivity index (χ1v) is 13.7. The van der Waals surface area contributed by atoms with E-state index in [-0.39, 0.29) is 75.4 Å². The van der Waals surface area contributed by atoms with Crippen molar-refractivity contribution in [1.82, 2.24) is 25.1 Å². The fraction of sp³-hybridized carbons (Fsp3) is 0.444. The number of nitrogens with one attached hydrogen (secondary N) is 1. The lowest BCUT2D eigenvalue weighted by Crippen LogP contribution is -2.49. The van der Waals surface area contributed by atoms with E-state index in [0.717, 1.165) is 12.1 Å². The van der Waals surface area contributed by atoms with Gasteiger partial charge in [-0.15, -0.1) is 0 Å². The molecule has 10 nitrogen and oxygen atoms in total. The number of piperazine rings is 1. The van der Waals surface area contributed by atoms with Crippen LogP contribution in [-0.2, 0) is 17.1 Å². The Morgan fingerprint density at radius 1 is 0.978 bits per heavy atom. The molecule has 0 bridgehead atoms. The molecule has 0 radical (unpaired) electrons. The summed E-state index contributed by atoms with van der Waals surface area (Å²) < 4.78 is 112. The number of aromatic nitrogens is 4. The van der Waals surface area contributed by atoms with Crippen LogP contribution in [0.4, 0.5) is 46.9 Å². The Kier molecular flexibility index (Phi) is 8.84. The van der Waals surface area contributed by atoms with Gasteiger partial charge >= 0.3 is 12.4 Å². The van der Waals surface area contributed by atoms with Crippen LogP contribution in [0.1, 0.15) is 30.4 Å². The molecule has 2 atom stereocenters. The summed E-state index contributed by atoms with van der Waals surface area (Å²) in [6, 6.07) is 2.69. The highest BCUT2D eigenvalue weighted by Crippen LogP contribution is 2.34. The topological polar surface area (TPSA) is 108 Å².